The summed E-state index contributed by atoms with van der Waals surface area (Å²) in [7, 11) is 4.04. The Morgan fingerprint density at radius 2 is 1.75 bits per heavy atom. The van der Waals surface area contributed by atoms with E-state index in [0.717, 1.165) is 5.83 Å². The van der Waals surface area contributed by atoms with Crippen molar-refractivity contribution >= 4 is 13.3 Å². The Morgan fingerprint density at radius 1 is 1.75 bits per heavy atom. The first-order chi connectivity index (χ1) is 1.41. The summed E-state index contributed by atoms with van der Waals surface area (Å²) in [6, 6.07) is 0. The second kappa shape index (κ2) is 11.1. The van der Waals surface area contributed by atoms with Crippen LogP contribution in [-0.2, 0) is 21.3 Å². The smallest absolute Gasteiger partial charge is 0 e. The van der Waals surface area contributed by atoms with Gasteiger partial charge in [0.1, 0.15) is 0 Å². The molecule has 0 aliphatic carbocycles. The Bertz CT molecular complexity index is 29.0. The van der Waals surface area contributed by atoms with Crippen LogP contribution in [0.5, 0.6) is 0 Å². The second-order valence-corrected chi connectivity index (χ2v) is 0.118. The zero-order valence-electron chi connectivity index (χ0n) is 1.80. The van der Waals surface area contributed by atoms with E-state index in [1.165, 1.54) is 0 Å². The molecule has 0 saturated heterocycles. The van der Waals surface area contributed by atoms with Gasteiger partial charge in [0.05, 0.1) is 0 Å². The molecule has 0 N–H and O–H groups in total. The summed E-state index contributed by atoms with van der Waals surface area (Å²) in [4.78, 5) is 8.46. The average molecular weight is 97.5 g/mol. The molecule has 0 aromatic heterocycles. The molecule has 0 aromatic rings. The molecule has 0 amide bonds. The Labute approximate surface area is 35.4 Å². The van der Waals surface area contributed by atoms with Crippen molar-refractivity contribution in [1.82, 2.24) is 0 Å². The topological polar surface area (TPSA) is 17.1 Å². The third-order valence-electron chi connectivity index (χ3n) is 0. The van der Waals surface area contributed by atoms with Crippen LogP contribution in [0.4, 0.5) is 0 Å². The molecule has 0 aliphatic rings. The molecule has 3 heteroatoms. The van der Waals surface area contributed by atoms with Crippen molar-refractivity contribution in [3.05, 3.63) is 0 Å². The minimum Gasteiger partial charge on any atom is 0 e. The fraction of sp³-hybridized carbons (Fsp3) is 0. The van der Waals surface area contributed by atoms with Crippen molar-refractivity contribution in [3.63, 3.8) is 0 Å². The minimum absolute atomic E-state index is 0. The molecule has 1 radical (unpaired) electrons. The molecule has 4 heavy (non-hydrogen) atoms. The molecular weight excluding hydrogens is 97.5 g/mol. The maximum absolute atomic E-state index is 8.46. The zero-order chi connectivity index (χ0) is 2.71. The molecule has 0 rings (SSSR count). The van der Waals surface area contributed by atoms with E-state index in [0.29, 0.717) is 0 Å². The number of hydrogen-bond acceptors (Lipinski definition) is 1. The van der Waals surface area contributed by atoms with Crippen molar-refractivity contribution in [2.24, 2.45) is 0 Å². The second-order valence-electron chi connectivity index (χ2n) is 0.118. The quantitative estimate of drug-likeness (QED) is 0.363. The Hall–Kier alpha value is 0.138. The van der Waals surface area contributed by atoms with Crippen molar-refractivity contribution in [1.29, 1.82) is 0 Å². The van der Waals surface area contributed by atoms with Crippen LogP contribution in [0.1, 0.15) is 0 Å². The zero-order valence-corrected chi connectivity index (χ0v) is 2.79. The van der Waals surface area contributed by atoms with E-state index in [2.05, 4.69) is 7.49 Å². The van der Waals surface area contributed by atoms with Crippen LogP contribution >= 0.6 is 0 Å². The number of carbonyl (C=O) groups excluding carboxylic acids is 1. The summed E-state index contributed by atoms with van der Waals surface area (Å²) in [5.41, 5.74) is 0. The van der Waals surface area contributed by atoms with Gasteiger partial charge in [-0.3, -0.25) is 0 Å². The van der Waals surface area contributed by atoms with E-state index in [-0.39, 0.29) is 16.5 Å². The molecule has 0 heterocycles. The molecule has 0 atom stereocenters. The van der Waals surface area contributed by atoms with E-state index in [1.54, 1.807) is 0 Å². The van der Waals surface area contributed by atoms with E-state index in [9.17, 15) is 0 Å². The van der Waals surface area contributed by atoms with Crippen LogP contribution in [0.15, 0.2) is 0 Å². The van der Waals surface area contributed by atoms with Gasteiger partial charge in [-0.1, -0.05) is 0 Å². The molecule has 0 spiro atoms. The Kier molecular flexibility index (Phi) is 24.7. The summed E-state index contributed by atoms with van der Waals surface area (Å²) in [6.07, 6.45) is 0. The molecule has 0 fully saturated rings. The fourth-order valence-electron chi connectivity index (χ4n) is 0. The van der Waals surface area contributed by atoms with E-state index >= 15 is 0 Å². The predicted octanol–water partition coefficient (Wildman–Crippen LogP) is -0.780. The van der Waals surface area contributed by atoms with Gasteiger partial charge in [0.25, 0.3) is 0 Å². The monoisotopic (exact) mass is 96.9 g/mol. The molecule has 0 aliphatic heterocycles. The summed E-state index contributed by atoms with van der Waals surface area (Å²) < 4.78 is 0. The van der Waals surface area contributed by atoms with E-state index < -0.39 is 0 Å². The van der Waals surface area contributed by atoms with Gasteiger partial charge in [-0.15, -0.1) is 0 Å². The summed E-state index contributed by atoms with van der Waals surface area (Å²) in [6.45, 7) is 0. The number of hydrogen-bond donors (Lipinski definition) is 0. The van der Waals surface area contributed by atoms with E-state index in [1.807, 2.05) is 0 Å². The Balaban J connectivity index is 0. The first-order valence-corrected chi connectivity index (χ1v) is 0.493. The normalized spacial score (nSPS) is 1.75. The molecule has 0 bridgehead atoms. The van der Waals surface area contributed by atoms with Crippen molar-refractivity contribution < 1.29 is 21.3 Å². The maximum Gasteiger partial charge on any atom is 0 e. The molecule has 0 aromatic carbocycles. The average Bonchev–Trinajstić information content (AvgIpc) is 0.918. The SMILES string of the molecule is [B]=C=O.[Ni]. The molecular formula is CBNiO. The van der Waals surface area contributed by atoms with Crippen molar-refractivity contribution in [3.8, 4) is 0 Å². The molecule has 23 valence electrons. The largest absolute Gasteiger partial charge is 0 e. The third-order valence-corrected chi connectivity index (χ3v) is 0. The van der Waals surface area contributed by atoms with Crippen LogP contribution in [0.25, 0.3) is 0 Å². The van der Waals surface area contributed by atoms with Crippen molar-refractivity contribution in [2.75, 3.05) is 0 Å². The van der Waals surface area contributed by atoms with Crippen LogP contribution in [0.3, 0.4) is 0 Å². The standard InChI is InChI=1S/CBO.Ni/c2-1-3;. The van der Waals surface area contributed by atoms with Crippen LogP contribution < -0.4 is 0 Å². The van der Waals surface area contributed by atoms with Gasteiger partial charge in [-0.25, -0.2) is 0 Å². The van der Waals surface area contributed by atoms with Gasteiger partial charge in [-0.2, -0.15) is 0 Å². The van der Waals surface area contributed by atoms with Gasteiger partial charge in [0.15, 0.2) is 0 Å². The molecule has 1 nitrogen and oxygen atoms in total. The van der Waals surface area contributed by atoms with Crippen LogP contribution in [-0.4, -0.2) is 13.3 Å². The van der Waals surface area contributed by atoms with Gasteiger partial charge in [0.2, 0.25) is 0 Å². The van der Waals surface area contributed by atoms with Crippen LogP contribution in [0, 0.1) is 0 Å². The molecule has 0 saturated carbocycles. The minimum atomic E-state index is 0. The first kappa shape index (κ1) is 8.91. The van der Waals surface area contributed by atoms with Gasteiger partial charge in [-0.05, 0) is 0 Å². The first-order valence-electron chi connectivity index (χ1n) is 0.493. The van der Waals surface area contributed by atoms with Gasteiger partial charge < -0.3 is 0 Å². The summed E-state index contributed by atoms with van der Waals surface area (Å²) >= 11 is 0. The third kappa shape index (κ3) is 145. The Morgan fingerprint density at radius 3 is 1.75 bits per heavy atom. The predicted molar refractivity (Wildman–Crippen MR) is 11.4 cm³/mol. The van der Waals surface area contributed by atoms with Crippen LogP contribution in [0.2, 0.25) is 0 Å². The van der Waals surface area contributed by atoms with Gasteiger partial charge in [0, 0.05) is 16.5 Å². The maximum atomic E-state index is 8.46. The molecule has 0 unspecified atom stereocenters. The fourth-order valence-corrected chi connectivity index (χ4v) is 0. The van der Waals surface area contributed by atoms with E-state index in [4.69, 9.17) is 4.79 Å². The summed E-state index contributed by atoms with van der Waals surface area (Å²) in [5.74, 6) is 1.00. The summed E-state index contributed by atoms with van der Waals surface area (Å²) in [5, 5.41) is 0. The van der Waals surface area contributed by atoms with Gasteiger partial charge >= 0.3 is 18.1 Å². The number of rotatable bonds is 0. The van der Waals surface area contributed by atoms with Crippen molar-refractivity contribution in [2.45, 2.75) is 0 Å².